The summed E-state index contributed by atoms with van der Waals surface area (Å²) in [6.07, 6.45) is 6.16. The minimum absolute atomic E-state index is 1.21. The molecule has 1 nitrogen and oxygen atoms in total. The lowest BCUT2D eigenvalue weighted by Crippen LogP contribution is -1.92. The van der Waals surface area contributed by atoms with E-state index in [9.17, 15) is 0 Å². The molecular weight excluding hydrogens is 158 g/mol. The molecule has 0 fully saturated rings. The van der Waals surface area contributed by atoms with Crippen molar-refractivity contribution < 1.29 is 0 Å². The Balaban J connectivity index is 2.64. The standard InChI is InChI=1S/C12H15N/c1-11(10-13-2)8-9-12-6-4-3-5-7-12/h3-10,13H,1-2H3/b9-8-,11-10-. The highest BCUT2D eigenvalue weighted by Gasteiger charge is 1.83. The molecule has 0 saturated heterocycles. The Bertz CT molecular complexity index is 296. The Morgan fingerprint density at radius 1 is 1.23 bits per heavy atom. The van der Waals surface area contributed by atoms with E-state index in [0.29, 0.717) is 0 Å². The van der Waals surface area contributed by atoms with Gasteiger partial charge in [-0.3, -0.25) is 0 Å². The summed E-state index contributed by atoms with van der Waals surface area (Å²) in [6.45, 7) is 2.07. The summed E-state index contributed by atoms with van der Waals surface area (Å²) in [7, 11) is 1.90. The second-order valence-electron chi connectivity index (χ2n) is 2.92. The van der Waals surface area contributed by atoms with Crippen LogP contribution in [0.15, 0.2) is 48.2 Å². The van der Waals surface area contributed by atoms with E-state index in [2.05, 4.69) is 36.5 Å². The lowest BCUT2D eigenvalue weighted by Gasteiger charge is -1.93. The fraction of sp³-hybridized carbons (Fsp3) is 0.167. The molecule has 1 aromatic rings. The molecule has 0 atom stereocenters. The Morgan fingerprint density at radius 2 is 1.92 bits per heavy atom. The fourth-order valence-electron chi connectivity index (χ4n) is 1.07. The first-order chi connectivity index (χ1) is 6.33. The molecule has 0 bridgehead atoms. The highest BCUT2D eigenvalue weighted by atomic mass is 14.8. The lowest BCUT2D eigenvalue weighted by atomic mass is 10.2. The van der Waals surface area contributed by atoms with Crippen LogP contribution in [0.2, 0.25) is 0 Å². The van der Waals surface area contributed by atoms with E-state index >= 15 is 0 Å². The third-order valence-corrected chi connectivity index (χ3v) is 1.71. The first kappa shape index (κ1) is 9.59. The maximum absolute atomic E-state index is 2.99. The molecule has 0 aromatic heterocycles. The van der Waals surface area contributed by atoms with Gasteiger partial charge in [0.15, 0.2) is 0 Å². The summed E-state index contributed by atoms with van der Waals surface area (Å²) in [5, 5.41) is 2.99. The van der Waals surface area contributed by atoms with Crippen molar-refractivity contribution in [2.75, 3.05) is 7.05 Å². The molecule has 0 saturated carbocycles. The van der Waals surface area contributed by atoms with Crippen LogP contribution in [0.4, 0.5) is 0 Å². The molecule has 0 aliphatic carbocycles. The quantitative estimate of drug-likeness (QED) is 0.693. The van der Waals surface area contributed by atoms with Crippen molar-refractivity contribution in [2.45, 2.75) is 6.92 Å². The van der Waals surface area contributed by atoms with Crippen molar-refractivity contribution in [3.63, 3.8) is 0 Å². The molecule has 0 heterocycles. The molecule has 0 spiro atoms. The van der Waals surface area contributed by atoms with E-state index < -0.39 is 0 Å². The van der Waals surface area contributed by atoms with Crippen LogP contribution in [-0.4, -0.2) is 7.05 Å². The van der Waals surface area contributed by atoms with Gasteiger partial charge in [0.25, 0.3) is 0 Å². The molecule has 0 radical (unpaired) electrons. The zero-order valence-electron chi connectivity index (χ0n) is 8.12. The molecule has 0 aliphatic rings. The van der Waals surface area contributed by atoms with Crippen LogP contribution in [0.5, 0.6) is 0 Å². The molecule has 0 amide bonds. The van der Waals surface area contributed by atoms with Crippen LogP contribution in [0.3, 0.4) is 0 Å². The molecule has 1 N–H and O–H groups in total. The van der Waals surface area contributed by atoms with Crippen molar-refractivity contribution in [2.24, 2.45) is 0 Å². The van der Waals surface area contributed by atoms with Gasteiger partial charge in [-0.15, -0.1) is 0 Å². The number of hydrogen-bond donors (Lipinski definition) is 1. The summed E-state index contributed by atoms with van der Waals surface area (Å²) in [5.74, 6) is 0. The zero-order chi connectivity index (χ0) is 9.52. The molecule has 0 aliphatic heterocycles. The monoisotopic (exact) mass is 173 g/mol. The summed E-state index contributed by atoms with van der Waals surface area (Å²) in [4.78, 5) is 0. The van der Waals surface area contributed by atoms with Crippen LogP contribution in [0.1, 0.15) is 12.5 Å². The third-order valence-electron chi connectivity index (χ3n) is 1.71. The van der Waals surface area contributed by atoms with E-state index in [4.69, 9.17) is 0 Å². The predicted molar refractivity (Wildman–Crippen MR) is 58.3 cm³/mol. The summed E-state index contributed by atoms with van der Waals surface area (Å²) < 4.78 is 0. The van der Waals surface area contributed by atoms with Crippen LogP contribution in [0.25, 0.3) is 6.08 Å². The van der Waals surface area contributed by atoms with Crippen molar-refractivity contribution in [1.82, 2.24) is 5.32 Å². The van der Waals surface area contributed by atoms with E-state index in [1.807, 2.05) is 31.4 Å². The highest BCUT2D eigenvalue weighted by Crippen LogP contribution is 2.03. The second-order valence-corrected chi connectivity index (χ2v) is 2.92. The Morgan fingerprint density at radius 3 is 2.54 bits per heavy atom. The van der Waals surface area contributed by atoms with E-state index in [1.165, 1.54) is 11.1 Å². The largest absolute Gasteiger partial charge is 0.394 e. The Kier molecular flexibility index (Phi) is 3.83. The third kappa shape index (κ3) is 3.61. The zero-order valence-corrected chi connectivity index (χ0v) is 8.12. The van der Waals surface area contributed by atoms with Gasteiger partial charge in [0.05, 0.1) is 0 Å². The summed E-state index contributed by atoms with van der Waals surface area (Å²) in [5.41, 5.74) is 2.44. The first-order valence-electron chi connectivity index (χ1n) is 4.40. The Hall–Kier alpha value is -1.50. The van der Waals surface area contributed by atoms with Gasteiger partial charge in [-0.1, -0.05) is 42.5 Å². The van der Waals surface area contributed by atoms with Gasteiger partial charge in [0.1, 0.15) is 0 Å². The minimum Gasteiger partial charge on any atom is -0.394 e. The molecule has 0 unspecified atom stereocenters. The number of benzene rings is 1. The lowest BCUT2D eigenvalue weighted by molar-refractivity contribution is 1.08. The predicted octanol–water partition coefficient (Wildman–Crippen LogP) is 2.82. The van der Waals surface area contributed by atoms with Crippen molar-refractivity contribution >= 4 is 6.08 Å². The number of allylic oxidation sites excluding steroid dienone is 2. The van der Waals surface area contributed by atoms with Crippen LogP contribution in [-0.2, 0) is 0 Å². The number of rotatable bonds is 3. The topological polar surface area (TPSA) is 12.0 Å². The van der Waals surface area contributed by atoms with Gasteiger partial charge in [-0.25, -0.2) is 0 Å². The van der Waals surface area contributed by atoms with Gasteiger partial charge in [0.2, 0.25) is 0 Å². The molecular formula is C12H15N. The number of nitrogens with one attached hydrogen (secondary N) is 1. The van der Waals surface area contributed by atoms with E-state index in [-0.39, 0.29) is 0 Å². The number of hydrogen-bond acceptors (Lipinski definition) is 1. The van der Waals surface area contributed by atoms with Crippen molar-refractivity contribution in [3.8, 4) is 0 Å². The normalized spacial score (nSPS) is 12.0. The van der Waals surface area contributed by atoms with Gasteiger partial charge in [-0.2, -0.15) is 0 Å². The average Bonchev–Trinajstić information content (AvgIpc) is 2.17. The fourth-order valence-corrected chi connectivity index (χ4v) is 1.07. The second kappa shape index (κ2) is 5.20. The van der Waals surface area contributed by atoms with Crippen molar-refractivity contribution in [1.29, 1.82) is 0 Å². The van der Waals surface area contributed by atoms with Gasteiger partial charge >= 0.3 is 0 Å². The van der Waals surface area contributed by atoms with Crippen LogP contribution >= 0.6 is 0 Å². The van der Waals surface area contributed by atoms with E-state index in [1.54, 1.807) is 0 Å². The van der Waals surface area contributed by atoms with Gasteiger partial charge in [0, 0.05) is 7.05 Å². The molecule has 13 heavy (non-hydrogen) atoms. The minimum atomic E-state index is 1.21. The maximum atomic E-state index is 2.99. The van der Waals surface area contributed by atoms with E-state index in [0.717, 1.165) is 0 Å². The van der Waals surface area contributed by atoms with Gasteiger partial charge in [-0.05, 0) is 24.3 Å². The van der Waals surface area contributed by atoms with Crippen LogP contribution < -0.4 is 5.32 Å². The molecule has 1 heteroatoms. The van der Waals surface area contributed by atoms with Gasteiger partial charge < -0.3 is 5.32 Å². The molecule has 1 aromatic carbocycles. The van der Waals surface area contributed by atoms with Crippen molar-refractivity contribution in [3.05, 3.63) is 53.7 Å². The SMILES string of the molecule is CN/C=C(C)\C=C/c1ccccc1. The maximum Gasteiger partial charge on any atom is 0.00277 e. The average molecular weight is 173 g/mol. The highest BCUT2D eigenvalue weighted by molar-refractivity contribution is 5.52. The first-order valence-corrected chi connectivity index (χ1v) is 4.40. The smallest absolute Gasteiger partial charge is 0.00277 e. The summed E-state index contributed by atoms with van der Waals surface area (Å²) >= 11 is 0. The molecule has 68 valence electrons. The Labute approximate surface area is 79.8 Å². The van der Waals surface area contributed by atoms with Crippen LogP contribution in [0, 0.1) is 0 Å². The summed E-state index contributed by atoms with van der Waals surface area (Å²) in [6, 6.07) is 10.3. The molecule has 1 rings (SSSR count).